The lowest BCUT2D eigenvalue weighted by Gasteiger charge is -2.37. The van der Waals surface area contributed by atoms with Crippen LogP contribution in [-0.2, 0) is 36.2 Å². The molecule has 0 N–H and O–H groups in total. The number of benzene rings is 1. The number of methoxy groups -OCH3 is 2. The Kier molecular flexibility index (Phi) is 6.96. The summed E-state index contributed by atoms with van der Waals surface area (Å²) in [4.78, 5) is 0.364. The van der Waals surface area contributed by atoms with Crippen LogP contribution in [-0.4, -0.2) is 50.4 Å². The Labute approximate surface area is 185 Å². The molecule has 0 saturated carbocycles. The molecule has 0 bridgehead atoms. The molecule has 2 atom stereocenters. The van der Waals surface area contributed by atoms with E-state index in [9.17, 15) is 8.42 Å². The van der Waals surface area contributed by atoms with Crippen LogP contribution in [0.3, 0.4) is 0 Å². The van der Waals surface area contributed by atoms with Crippen molar-refractivity contribution in [3.63, 3.8) is 0 Å². The summed E-state index contributed by atoms with van der Waals surface area (Å²) in [6, 6.07) is 9.11. The highest BCUT2D eigenvalue weighted by Gasteiger charge is 2.46. The van der Waals surface area contributed by atoms with Crippen LogP contribution in [0.1, 0.15) is 56.7 Å². The van der Waals surface area contributed by atoms with Gasteiger partial charge in [-0.25, -0.2) is 13.1 Å². The number of hydrogen-bond acceptors (Lipinski definition) is 6. The monoisotopic (exact) mass is 450 g/mol. The number of ether oxygens (including phenoxy) is 3. The van der Waals surface area contributed by atoms with E-state index in [-0.39, 0.29) is 12.1 Å². The molecule has 1 saturated heterocycles. The Bertz CT molecular complexity index is 1010. The molecule has 7 nitrogen and oxygen atoms in total. The number of hydrogen-bond donors (Lipinski definition) is 0. The van der Waals surface area contributed by atoms with Crippen LogP contribution in [0, 0.1) is 6.92 Å². The Balaban J connectivity index is 1.97. The van der Waals surface area contributed by atoms with E-state index in [1.807, 2.05) is 26.0 Å². The van der Waals surface area contributed by atoms with Gasteiger partial charge in [-0.3, -0.25) is 0 Å². The van der Waals surface area contributed by atoms with Gasteiger partial charge in [0.1, 0.15) is 12.8 Å². The van der Waals surface area contributed by atoms with Crippen LogP contribution in [0.25, 0.3) is 0 Å². The summed E-state index contributed by atoms with van der Waals surface area (Å²) in [7, 11) is -0.263. The summed E-state index contributed by atoms with van der Waals surface area (Å²) in [5, 5.41) is 4.73. The third-order valence-electron chi connectivity index (χ3n) is 6.11. The molecule has 3 rings (SSSR count). The van der Waals surface area contributed by atoms with E-state index in [1.54, 1.807) is 37.1 Å². The van der Waals surface area contributed by atoms with E-state index < -0.39 is 20.7 Å². The molecule has 172 valence electrons. The topological polar surface area (TPSA) is 79.7 Å². The minimum Gasteiger partial charge on any atom is -0.384 e. The normalized spacial score (nSPS) is 22.6. The zero-order valence-corrected chi connectivity index (χ0v) is 20.2. The fourth-order valence-corrected chi connectivity index (χ4v) is 6.04. The average Bonchev–Trinajstić information content (AvgIpc) is 3.13. The van der Waals surface area contributed by atoms with Crippen LogP contribution in [0.4, 0.5) is 0 Å². The summed E-state index contributed by atoms with van der Waals surface area (Å²) in [5.41, 5.74) is 2.32. The van der Waals surface area contributed by atoms with Crippen molar-refractivity contribution >= 4 is 9.84 Å². The van der Waals surface area contributed by atoms with E-state index >= 15 is 0 Å². The first-order valence-corrected chi connectivity index (χ1v) is 12.0. The molecule has 1 aliphatic heterocycles. The molecule has 2 aromatic rings. The van der Waals surface area contributed by atoms with E-state index in [0.29, 0.717) is 31.0 Å². The quantitative estimate of drug-likeness (QED) is 0.609. The van der Waals surface area contributed by atoms with Crippen molar-refractivity contribution in [2.75, 3.05) is 27.4 Å². The van der Waals surface area contributed by atoms with E-state index in [0.717, 1.165) is 17.0 Å². The fourth-order valence-electron chi connectivity index (χ4n) is 4.15. The molecule has 0 spiro atoms. The second-order valence-corrected chi connectivity index (χ2v) is 11.7. The Morgan fingerprint density at radius 1 is 1.26 bits per heavy atom. The molecule has 2 heterocycles. The summed E-state index contributed by atoms with van der Waals surface area (Å²) in [5.74, 6) is 0. The van der Waals surface area contributed by atoms with E-state index in [1.165, 1.54) is 0 Å². The van der Waals surface area contributed by atoms with Gasteiger partial charge in [-0.05, 0) is 50.5 Å². The van der Waals surface area contributed by atoms with Gasteiger partial charge in [0.15, 0.2) is 9.84 Å². The first-order valence-electron chi connectivity index (χ1n) is 10.5. The van der Waals surface area contributed by atoms with Crippen LogP contribution < -0.4 is 0 Å². The molecule has 8 heteroatoms. The van der Waals surface area contributed by atoms with Crippen molar-refractivity contribution in [2.24, 2.45) is 0 Å². The highest BCUT2D eigenvalue weighted by atomic mass is 32.2. The maximum Gasteiger partial charge on any atom is 0.184 e. The van der Waals surface area contributed by atoms with Crippen molar-refractivity contribution < 1.29 is 22.6 Å². The van der Waals surface area contributed by atoms with Crippen molar-refractivity contribution in [1.82, 2.24) is 9.78 Å². The van der Waals surface area contributed by atoms with Crippen molar-refractivity contribution in [3.05, 3.63) is 47.3 Å². The van der Waals surface area contributed by atoms with Gasteiger partial charge in [-0.2, -0.15) is 5.10 Å². The smallest absolute Gasteiger partial charge is 0.184 e. The molecule has 31 heavy (non-hydrogen) atoms. The number of aromatic nitrogens is 2. The number of aryl methyl sites for hydroxylation is 1. The molecular formula is C23H34N2O5S. The number of rotatable bonds is 8. The van der Waals surface area contributed by atoms with Crippen molar-refractivity contribution in [2.45, 2.75) is 68.4 Å². The van der Waals surface area contributed by atoms with Gasteiger partial charge in [0.05, 0.1) is 27.6 Å². The molecule has 1 fully saturated rings. The van der Waals surface area contributed by atoms with Crippen LogP contribution >= 0.6 is 0 Å². The lowest BCUT2D eigenvalue weighted by atomic mass is 9.89. The van der Waals surface area contributed by atoms with Gasteiger partial charge in [-0.15, -0.1) is 0 Å². The van der Waals surface area contributed by atoms with Gasteiger partial charge >= 0.3 is 0 Å². The molecule has 0 amide bonds. The van der Waals surface area contributed by atoms with Gasteiger partial charge in [0.25, 0.3) is 0 Å². The van der Waals surface area contributed by atoms with Gasteiger partial charge < -0.3 is 14.2 Å². The highest BCUT2D eigenvalue weighted by Crippen LogP contribution is 2.42. The standard InChI is InChI=1S/C23H34N2O5S/c1-17-8-7-9-18(12-17)31(26,27)23(4)10-11-30-20(14-23)19-13-21(22(2,3)15-28-5)24-25(19)16-29-6/h7-9,12-13,20H,10-11,14-16H2,1-6H3. The second-order valence-electron chi connectivity index (χ2n) is 9.27. The lowest BCUT2D eigenvalue weighted by molar-refractivity contribution is -0.00919. The second kappa shape index (κ2) is 9.02. The lowest BCUT2D eigenvalue weighted by Crippen LogP contribution is -2.42. The zero-order valence-electron chi connectivity index (χ0n) is 19.3. The van der Waals surface area contributed by atoms with Crippen LogP contribution in [0.5, 0.6) is 0 Å². The Morgan fingerprint density at radius 2 is 2.00 bits per heavy atom. The summed E-state index contributed by atoms with van der Waals surface area (Å²) >= 11 is 0. The Hall–Kier alpha value is -1.74. The highest BCUT2D eigenvalue weighted by molar-refractivity contribution is 7.92. The van der Waals surface area contributed by atoms with Crippen molar-refractivity contribution in [3.8, 4) is 0 Å². The van der Waals surface area contributed by atoms with Gasteiger partial charge in [-0.1, -0.05) is 26.0 Å². The predicted molar refractivity (Wildman–Crippen MR) is 119 cm³/mol. The minimum absolute atomic E-state index is 0.263. The van der Waals surface area contributed by atoms with Gasteiger partial charge in [0.2, 0.25) is 0 Å². The summed E-state index contributed by atoms with van der Waals surface area (Å²) in [6.45, 7) is 9.00. The zero-order chi connectivity index (χ0) is 22.9. The average molecular weight is 451 g/mol. The van der Waals surface area contributed by atoms with E-state index in [2.05, 4.69) is 13.8 Å². The molecule has 0 aliphatic carbocycles. The number of sulfone groups is 1. The van der Waals surface area contributed by atoms with Crippen LogP contribution in [0.2, 0.25) is 0 Å². The predicted octanol–water partition coefficient (Wildman–Crippen LogP) is 3.80. The SMILES string of the molecule is COCn1nc(C(C)(C)COC)cc1C1CC(C)(S(=O)(=O)c2cccc(C)c2)CCO1. The molecule has 0 radical (unpaired) electrons. The third-order valence-corrected chi connectivity index (χ3v) is 8.65. The first kappa shape index (κ1) is 23.9. The molecular weight excluding hydrogens is 416 g/mol. The maximum atomic E-state index is 13.6. The fraction of sp³-hybridized carbons (Fsp3) is 0.609. The van der Waals surface area contributed by atoms with Crippen LogP contribution in [0.15, 0.2) is 35.2 Å². The summed E-state index contributed by atoms with van der Waals surface area (Å²) in [6.07, 6.45) is 0.399. The number of nitrogens with zero attached hydrogens (tertiary/aromatic N) is 2. The third kappa shape index (κ3) is 4.72. The van der Waals surface area contributed by atoms with E-state index in [4.69, 9.17) is 19.3 Å². The maximum absolute atomic E-state index is 13.6. The molecule has 1 aromatic heterocycles. The first-order chi connectivity index (χ1) is 14.5. The molecule has 1 aliphatic rings. The van der Waals surface area contributed by atoms with Crippen molar-refractivity contribution in [1.29, 1.82) is 0 Å². The minimum atomic E-state index is -3.54. The van der Waals surface area contributed by atoms with Gasteiger partial charge in [0, 0.05) is 26.2 Å². The molecule has 2 unspecified atom stereocenters. The largest absolute Gasteiger partial charge is 0.384 e. The summed E-state index contributed by atoms with van der Waals surface area (Å²) < 4.78 is 44.8. The molecule has 1 aromatic carbocycles. The Morgan fingerprint density at radius 3 is 2.65 bits per heavy atom.